The molecule has 428 valence electrons. The fourth-order valence-corrected chi connectivity index (χ4v) is 9.82. The van der Waals surface area contributed by atoms with Crippen molar-refractivity contribution in [2.24, 2.45) is 5.73 Å². The van der Waals surface area contributed by atoms with Gasteiger partial charge in [-0.15, -0.1) is 0 Å². The molecule has 0 saturated carbocycles. The molecule has 3 N–H and O–H groups in total. The lowest BCUT2D eigenvalue weighted by atomic mass is 10.0. The summed E-state index contributed by atoms with van der Waals surface area (Å²) < 4.78 is 33.1. The molecule has 0 spiro atoms. The minimum Gasteiger partial charge on any atom is -0.462 e. The molecule has 0 radical (unpaired) electrons. The van der Waals surface area contributed by atoms with E-state index in [0.717, 1.165) is 70.6 Å². The SMILES string of the molecule is CCCCCCC/C=C\C/C=C\C/C=C\CCCCCCCCC(=O)OC(COC(=O)CCCCCCCCCCCCCCCCCCCCC/C=C\CCCCCCCCCC)COP(=O)(O)OCCN. The predicted molar refractivity (Wildman–Crippen MR) is 312 cm³/mol. The zero-order valence-electron chi connectivity index (χ0n) is 47.9. The molecular formula is C63H118NO8P. The zero-order valence-corrected chi connectivity index (χ0v) is 48.8. The Balaban J connectivity index is 3.90. The number of hydrogen-bond acceptors (Lipinski definition) is 8. The highest BCUT2D eigenvalue weighted by Crippen LogP contribution is 2.43. The smallest absolute Gasteiger partial charge is 0.462 e. The zero-order chi connectivity index (χ0) is 53.1. The van der Waals surface area contributed by atoms with Crippen molar-refractivity contribution in [1.29, 1.82) is 0 Å². The first-order valence-corrected chi connectivity index (χ1v) is 32.6. The monoisotopic (exact) mass is 1050 g/mol. The summed E-state index contributed by atoms with van der Waals surface area (Å²) in [6.07, 6.45) is 73.3. The number of esters is 2. The molecule has 0 aromatic rings. The Bertz CT molecular complexity index is 1330. The molecular weight excluding hydrogens is 930 g/mol. The lowest BCUT2D eigenvalue weighted by Crippen LogP contribution is -2.29. The number of hydrogen-bond donors (Lipinski definition) is 2. The summed E-state index contributed by atoms with van der Waals surface area (Å²) >= 11 is 0. The van der Waals surface area contributed by atoms with E-state index in [1.165, 1.54) is 205 Å². The lowest BCUT2D eigenvalue weighted by molar-refractivity contribution is -0.161. The number of carbonyl (C=O) groups is 2. The van der Waals surface area contributed by atoms with Crippen molar-refractivity contribution >= 4 is 19.8 Å². The third kappa shape index (κ3) is 59.1. The highest BCUT2D eigenvalue weighted by atomic mass is 31.2. The number of rotatable bonds is 59. The fraction of sp³-hybridized carbons (Fsp3) is 0.841. The maximum atomic E-state index is 12.7. The minimum atomic E-state index is -4.39. The van der Waals surface area contributed by atoms with E-state index in [-0.39, 0.29) is 38.6 Å². The number of nitrogens with two attached hydrogens (primary N) is 1. The maximum Gasteiger partial charge on any atom is 0.472 e. The van der Waals surface area contributed by atoms with E-state index in [0.29, 0.717) is 6.42 Å². The average Bonchev–Trinajstić information content (AvgIpc) is 3.38. The molecule has 2 unspecified atom stereocenters. The van der Waals surface area contributed by atoms with Gasteiger partial charge in [-0.3, -0.25) is 18.6 Å². The van der Waals surface area contributed by atoms with Gasteiger partial charge in [0.1, 0.15) is 6.61 Å². The van der Waals surface area contributed by atoms with Crippen molar-refractivity contribution in [2.45, 2.75) is 315 Å². The van der Waals surface area contributed by atoms with Gasteiger partial charge < -0.3 is 20.1 Å². The van der Waals surface area contributed by atoms with Crippen LogP contribution in [-0.4, -0.2) is 49.3 Å². The van der Waals surface area contributed by atoms with Gasteiger partial charge in [-0.25, -0.2) is 4.57 Å². The molecule has 0 bridgehead atoms. The van der Waals surface area contributed by atoms with Gasteiger partial charge in [-0.05, 0) is 77.0 Å². The second kappa shape index (κ2) is 59.2. The first-order valence-electron chi connectivity index (χ1n) is 31.1. The van der Waals surface area contributed by atoms with E-state index < -0.39 is 26.5 Å². The van der Waals surface area contributed by atoms with Crippen molar-refractivity contribution in [3.63, 3.8) is 0 Å². The Labute approximate surface area is 451 Å². The van der Waals surface area contributed by atoms with Gasteiger partial charge in [0.15, 0.2) is 6.10 Å². The number of ether oxygens (including phenoxy) is 2. The van der Waals surface area contributed by atoms with Gasteiger partial charge in [-0.1, -0.05) is 268 Å². The third-order valence-corrected chi connectivity index (χ3v) is 14.7. The quantitative estimate of drug-likeness (QED) is 0.0264. The largest absolute Gasteiger partial charge is 0.472 e. The van der Waals surface area contributed by atoms with Crippen molar-refractivity contribution in [2.75, 3.05) is 26.4 Å². The van der Waals surface area contributed by atoms with Crippen LogP contribution in [0.2, 0.25) is 0 Å². The molecule has 0 aliphatic heterocycles. The molecule has 0 fully saturated rings. The van der Waals surface area contributed by atoms with Crippen LogP contribution in [0.4, 0.5) is 0 Å². The van der Waals surface area contributed by atoms with Gasteiger partial charge in [0.2, 0.25) is 0 Å². The summed E-state index contributed by atoms with van der Waals surface area (Å²) in [5.41, 5.74) is 5.39. The van der Waals surface area contributed by atoms with Crippen LogP contribution in [0, 0.1) is 0 Å². The number of unbranched alkanes of at least 4 members (excludes halogenated alkanes) is 38. The molecule has 0 aromatic heterocycles. The molecule has 0 rings (SSSR count). The molecule has 0 aromatic carbocycles. The van der Waals surface area contributed by atoms with Crippen molar-refractivity contribution in [3.05, 3.63) is 48.6 Å². The number of phosphoric ester groups is 1. The Morgan fingerprint density at radius 1 is 0.411 bits per heavy atom. The van der Waals surface area contributed by atoms with Crippen molar-refractivity contribution < 1.29 is 37.6 Å². The Morgan fingerprint density at radius 2 is 0.712 bits per heavy atom. The van der Waals surface area contributed by atoms with Gasteiger partial charge in [0.05, 0.1) is 13.2 Å². The first kappa shape index (κ1) is 71.0. The molecule has 0 saturated heterocycles. The topological polar surface area (TPSA) is 134 Å². The third-order valence-electron chi connectivity index (χ3n) is 13.7. The second-order valence-corrected chi connectivity index (χ2v) is 22.4. The van der Waals surface area contributed by atoms with Crippen LogP contribution in [0.3, 0.4) is 0 Å². The van der Waals surface area contributed by atoms with Crippen LogP contribution < -0.4 is 5.73 Å². The molecule has 2 atom stereocenters. The Kier molecular flexibility index (Phi) is 57.6. The summed E-state index contributed by atoms with van der Waals surface area (Å²) in [7, 11) is -4.39. The summed E-state index contributed by atoms with van der Waals surface area (Å²) in [5, 5.41) is 0. The number of carbonyl (C=O) groups excluding carboxylic acids is 2. The average molecular weight is 1050 g/mol. The van der Waals surface area contributed by atoms with Crippen molar-refractivity contribution in [1.82, 2.24) is 0 Å². The number of allylic oxidation sites excluding steroid dienone is 8. The van der Waals surface area contributed by atoms with Gasteiger partial charge >= 0.3 is 19.8 Å². The van der Waals surface area contributed by atoms with E-state index in [2.05, 4.69) is 62.5 Å². The van der Waals surface area contributed by atoms with E-state index in [1.54, 1.807) is 0 Å². The van der Waals surface area contributed by atoms with Crippen LogP contribution in [0.15, 0.2) is 48.6 Å². The molecule has 0 amide bonds. The summed E-state index contributed by atoms with van der Waals surface area (Å²) in [5.74, 6) is -0.830. The van der Waals surface area contributed by atoms with Gasteiger partial charge in [0, 0.05) is 19.4 Å². The van der Waals surface area contributed by atoms with Crippen LogP contribution in [0.25, 0.3) is 0 Å². The van der Waals surface area contributed by atoms with Crippen LogP contribution in [-0.2, 0) is 32.7 Å². The minimum absolute atomic E-state index is 0.0510. The summed E-state index contributed by atoms with van der Waals surface area (Å²) in [6.45, 7) is 3.76. The highest BCUT2D eigenvalue weighted by Gasteiger charge is 2.26. The number of phosphoric acid groups is 1. The molecule has 9 nitrogen and oxygen atoms in total. The molecule has 0 aliphatic rings. The highest BCUT2D eigenvalue weighted by molar-refractivity contribution is 7.47. The fourth-order valence-electron chi connectivity index (χ4n) is 9.05. The van der Waals surface area contributed by atoms with E-state index in [4.69, 9.17) is 24.3 Å². The Morgan fingerprint density at radius 3 is 1.07 bits per heavy atom. The normalized spacial score (nSPS) is 13.3. The van der Waals surface area contributed by atoms with E-state index in [9.17, 15) is 19.0 Å². The van der Waals surface area contributed by atoms with E-state index >= 15 is 0 Å². The van der Waals surface area contributed by atoms with Gasteiger partial charge in [-0.2, -0.15) is 0 Å². The van der Waals surface area contributed by atoms with E-state index in [1.807, 2.05) is 0 Å². The van der Waals surface area contributed by atoms with Crippen LogP contribution in [0.5, 0.6) is 0 Å². The lowest BCUT2D eigenvalue weighted by Gasteiger charge is -2.19. The molecule has 0 heterocycles. The maximum absolute atomic E-state index is 12.7. The van der Waals surface area contributed by atoms with Crippen LogP contribution >= 0.6 is 7.82 Å². The van der Waals surface area contributed by atoms with Gasteiger partial charge in [0.25, 0.3) is 0 Å². The standard InChI is InChI=1S/C63H118NO8P/c1-3-5-7-9-11-13-15-17-19-21-23-25-26-27-28-29-30-31-32-33-34-36-37-39-41-43-45-47-49-51-53-55-62(65)69-59-61(60-71-73(67,68)70-58-57-64)72-63(66)56-54-52-50-48-46-44-42-40-38-35-24-22-20-18-16-14-12-10-8-6-4-2/h16,18,21-24,38,40,61H,3-15,17,19-20,25-37,39,41-60,64H2,1-2H3,(H,67,68)/b18-16-,23-21-,24-22-,40-38-. The molecule has 0 aliphatic carbocycles. The second-order valence-electron chi connectivity index (χ2n) is 20.9. The van der Waals surface area contributed by atoms with Crippen molar-refractivity contribution in [3.8, 4) is 0 Å². The predicted octanol–water partition coefficient (Wildman–Crippen LogP) is 19.7. The first-order chi connectivity index (χ1) is 35.8. The van der Waals surface area contributed by atoms with Crippen LogP contribution in [0.1, 0.15) is 309 Å². The summed E-state index contributed by atoms with van der Waals surface area (Å²) in [4.78, 5) is 35.2. The summed E-state index contributed by atoms with van der Waals surface area (Å²) in [6, 6.07) is 0. The molecule has 73 heavy (non-hydrogen) atoms. The Hall–Kier alpha value is -2.03. The molecule has 10 heteroatoms.